The van der Waals surface area contributed by atoms with Gasteiger partial charge in [0.05, 0.1) is 7.11 Å². The molecule has 3 N–H and O–H groups in total. The van der Waals surface area contributed by atoms with Crippen molar-refractivity contribution in [2.24, 2.45) is 5.73 Å². The van der Waals surface area contributed by atoms with Gasteiger partial charge in [0.15, 0.2) is 11.5 Å². The van der Waals surface area contributed by atoms with Crippen LogP contribution in [0.25, 0.3) is 0 Å². The number of hydrogen-bond donors (Lipinski definition) is 2. The zero-order chi connectivity index (χ0) is 9.14. The van der Waals surface area contributed by atoms with Crippen molar-refractivity contribution >= 4 is 0 Å². The Kier molecular flexibility index (Phi) is 2.55. The molecule has 0 aliphatic rings. The van der Waals surface area contributed by atoms with Gasteiger partial charge in [-0.05, 0) is 24.6 Å². The Labute approximate surface area is 71.8 Å². The molecule has 3 nitrogen and oxygen atoms in total. The van der Waals surface area contributed by atoms with Gasteiger partial charge in [0.2, 0.25) is 0 Å². The van der Waals surface area contributed by atoms with Crippen LogP contribution in [0.4, 0.5) is 0 Å². The molecule has 0 spiro atoms. The minimum absolute atomic E-state index is 0.0678. The highest BCUT2D eigenvalue weighted by atomic mass is 16.5. The molecule has 1 aromatic rings. The number of ether oxygens (including phenoxy) is 1. The first-order valence-electron chi connectivity index (χ1n) is 3.77. The van der Waals surface area contributed by atoms with Gasteiger partial charge in [-0.3, -0.25) is 0 Å². The summed E-state index contributed by atoms with van der Waals surface area (Å²) in [7, 11) is 1.51. The molecule has 1 rings (SSSR count). The lowest BCUT2D eigenvalue weighted by Gasteiger charge is -2.08. The van der Waals surface area contributed by atoms with Crippen molar-refractivity contribution in [2.75, 3.05) is 7.11 Å². The Bertz CT molecular complexity index is 271. The smallest absolute Gasteiger partial charge is 0.160 e. The second kappa shape index (κ2) is 3.45. The summed E-state index contributed by atoms with van der Waals surface area (Å²) in [6, 6.07) is 5.09. The first-order valence-corrected chi connectivity index (χ1v) is 3.77. The van der Waals surface area contributed by atoms with Crippen LogP contribution in [0.5, 0.6) is 11.5 Å². The van der Waals surface area contributed by atoms with Crippen molar-refractivity contribution in [1.29, 1.82) is 0 Å². The Morgan fingerprint density at radius 3 is 2.58 bits per heavy atom. The number of aromatic hydroxyl groups is 1. The van der Waals surface area contributed by atoms with E-state index in [-0.39, 0.29) is 11.8 Å². The number of phenols is 1. The Hall–Kier alpha value is -1.22. The van der Waals surface area contributed by atoms with E-state index in [2.05, 4.69) is 0 Å². The summed E-state index contributed by atoms with van der Waals surface area (Å²) in [5, 5.41) is 9.36. The van der Waals surface area contributed by atoms with E-state index in [1.807, 2.05) is 13.0 Å². The number of benzene rings is 1. The largest absolute Gasteiger partial charge is 0.504 e. The van der Waals surface area contributed by atoms with E-state index in [1.54, 1.807) is 12.1 Å². The summed E-state index contributed by atoms with van der Waals surface area (Å²) in [6.07, 6.45) is 0. The molecule has 0 fully saturated rings. The number of hydrogen-bond acceptors (Lipinski definition) is 3. The molecule has 0 saturated heterocycles. The van der Waals surface area contributed by atoms with E-state index in [9.17, 15) is 5.11 Å². The first kappa shape index (κ1) is 8.87. The maximum Gasteiger partial charge on any atom is 0.160 e. The monoisotopic (exact) mass is 167 g/mol. The lowest BCUT2D eigenvalue weighted by atomic mass is 10.1. The van der Waals surface area contributed by atoms with Crippen LogP contribution in [-0.2, 0) is 0 Å². The topological polar surface area (TPSA) is 55.5 Å². The predicted molar refractivity (Wildman–Crippen MR) is 47.3 cm³/mol. The van der Waals surface area contributed by atoms with Gasteiger partial charge in [-0.15, -0.1) is 0 Å². The fourth-order valence-corrected chi connectivity index (χ4v) is 0.990. The molecule has 0 bridgehead atoms. The molecule has 0 heterocycles. The lowest BCUT2D eigenvalue weighted by Crippen LogP contribution is -2.04. The third-order valence-electron chi connectivity index (χ3n) is 1.73. The number of methoxy groups -OCH3 is 1. The molecule has 0 aromatic heterocycles. The standard InChI is InChI=1S/C9H13NO2/c1-6(10)7-3-4-9(12-2)8(11)5-7/h3-6,11H,10H2,1-2H3/t6-/m0/s1. The molecule has 0 aliphatic heterocycles. The lowest BCUT2D eigenvalue weighted by molar-refractivity contribution is 0.373. The maximum absolute atomic E-state index is 9.36. The van der Waals surface area contributed by atoms with Crippen LogP contribution in [0.3, 0.4) is 0 Å². The number of rotatable bonds is 2. The highest BCUT2D eigenvalue weighted by molar-refractivity contribution is 5.42. The van der Waals surface area contributed by atoms with E-state index in [0.29, 0.717) is 5.75 Å². The van der Waals surface area contributed by atoms with Gasteiger partial charge in [0, 0.05) is 6.04 Å². The van der Waals surface area contributed by atoms with Gasteiger partial charge in [-0.2, -0.15) is 0 Å². The Morgan fingerprint density at radius 1 is 1.50 bits per heavy atom. The second-order valence-electron chi connectivity index (χ2n) is 2.72. The first-order chi connectivity index (χ1) is 5.65. The summed E-state index contributed by atoms with van der Waals surface area (Å²) in [4.78, 5) is 0. The van der Waals surface area contributed by atoms with Crippen LogP contribution >= 0.6 is 0 Å². The zero-order valence-electron chi connectivity index (χ0n) is 7.24. The van der Waals surface area contributed by atoms with Gasteiger partial charge in [0.1, 0.15) is 0 Å². The number of nitrogens with two attached hydrogens (primary N) is 1. The third kappa shape index (κ3) is 1.68. The van der Waals surface area contributed by atoms with E-state index in [0.717, 1.165) is 5.56 Å². The van der Waals surface area contributed by atoms with Crippen LogP contribution in [0.15, 0.2) is 18.2 Å². The van der Waals surface area contributed by atoms with Crippen LogP contribution in [0.2, 0.25) is 0 Å². The molecule has 0 unspecified atom stereocenters. The molecule has 3 heteroatoms. The molecule has 0 amide bonds. The van der Waals surface area contributed by atoms with Crippen molar-refractivity contribution in [2.45, 2.75) is 13.0 Å². The molecule has 0 aliphatic carbocycles. The fourth-order valence-electron chi connectivity index (χ4n) is 0.990. The van der Waals surface area contributed by atoms with Crippen molar-refractivity contribution in [1.82, 2.24) is 0 Å². The van der Waals surface area contributed by atoms with Gasteiger partial charge in [-0.25, -0.2) is 0 Å². The van der Waals surface area contributed by atoms with Crippen molar-refractivity contribution in [3.05, 3.63) is 23.8 Å². The summed E-state index contributed by atoms with van der Waals surface area (Å²) in [5.41, 5.74) is 6.52. The molecule has 12 heavy (non-hydrogen) atoms. The van der Waals surface area contributed by atoms with Crippen LogP contribution < -0.4 is 10.5 Å². The number of phenolic OH excluding ortho intramolecular Hbond substituents is 1. The summed E-state index contributed by atoms with van der Waals surface area (Å²) >= 11 is 0. The SMILES string of the molecule is COc1ccc([C@H](C)N)cc1O. The van der Waals surface area contributed by atoms with Crippen LogP contribution in [-0.4, -0.2) is 12.2 Å². The van der Waals surface area contributed by atoms with Crippen molar-refractivity contribution in [3.63, 3.8) is 0 Å². The fraction of sp³-hybridized carbons (Fsp3) is 0.333. The average molecular weight is 167 g/mol. The quantitative estimate of drug-likeness (QED) is 0.700. The molecule has 0 saturated carbocycles. The summed E-state index contributed by atoms with van der Waals surface area (Å²) in [5.74, 6) is 0.603. The zero-order valence-corrected chi connectivity index (χ0v) is 7.24. The maximum atomic E-state index is 9.36. The minimum Gasteiger partial charge on any atom is -0.504 e. The van der Waals surface area contributed by atoms with Crippen LogP contribution in [0.1, 0.15) is 18.5 Å². The highest BCUT2D eigenvalue weighted by Gasteiger charge is 2.04. The normalized spacial score (nSPS) is 12.6. The van der Waals surface area contributed by atoms with E-state index in [1.165, 1.54) is 7.11 Å². The van der Waals surface area contributed by atoms with E-state index >= 15 is 0 Å². The summed E-state index contributed by atoms with van der Waals surface area (Å²) in [6.45, 7) is 1.86. The molecular weight excluding hydrogens is 154 g/mol. The molecule has 66 valence electrons. The average Bonchev–Trinajstić information content (AvgIpc) is 2.04. The molecule has 0 radical (unpaired) electrons. The van der Waals surface area contributed by atoms with Gasteiger partial charge < -0.3 is 15.6 Å². The van der Waals surface area contributed by atoms with Crippen LogP contribution in [0, 0.1) is 0 Å². The van der Waals surface area contributed by atoms with E-state index < -0.39 is 0 Å². The summed E-state index contributed by atoms with van der Waals surface area (Å²) < 4.78 is 4.89. The Balaban J connectivity index is 3.02. The third-order valence-corrected chi connectivity index (χ3v) is 1.73. The van der Waals surface area contributed by atoms with Gasteiger partial charge >= 0.3 is 0 Å². The Morgan fingerprint density at radius 2 is 2.17 bits per heavy atom. The minimum atomic E-state index is -0.0678. The molecular formula is C9H13NO2. The van der Waals surface area contributed by atoms with Crippen molar-refractivity contribution < 1.29 is 9.84 Å². The van der Waals surface area contributed by atoms with E-state index in [4.69, 9.17) is 10.5 Å². The molecule has 1 atom stereocenters. The van der Waals surface area contributed by atoms with Crippen molar-refractivity contribution in [3.8, 4) is 11.5 Å². The molecule has 1 aromatic carbocycles. The van der Waals surface area contributed by atoms with Gasteiger partial charge in [0.25, 0.3) is 0 Å². The van der Waals surface area contributed by atoms with Gasteiger partial charge in [-0.1, -0.05) is 6.07 Å². The predicted octanol–water partition coefficient (Wildman–Crippen LogP) is 1.42. The second-order valence-corrected chi connectivity index (χ2v) is 2.72. The highest BCUT2D eigenvalue weighted by Crippen LogP contribution is 2.27.